The first-order valence-corrected chi connectivity index (χ1v) is 6.99. The number of nitrogens with zero attached hydrogens (tertiary/aromatic N) is 1. The number of nitrogens with one attached hydrogen (secondary N) is 2. The second-order valence-corrected chi connectivity index (χ2v) is 4.86. The number of carbonyl (C=O) groups excluding carboxylic acids is 1. The summed E-state index contributed by atoms with van der Waals surface area (Å²) in [6.45, 7) is 0.498. The van der Waals surface area contributed by atoms with Crippen LogP contribution in [0.15, 0.2) is 65.5 Å². The summed E-state index contributed by atoms with van der Waals surface area (Å²) >= 11 is 0. The number of aromatic nitrogens is 1. The number of amides is 1. The number of benzene rings is 1. The largest absolute Gasteiger partial charge is 0.467 e. The summed E-state index contributed by atoms with van der Waals surface area (Å²) in [5.74, 6) is 0.116. The second-order valence-electron chi connectivity index (χ2n) is 4.86. The average Bonchev–Trinajstić information content (AvgIpc) is 3.09. The van der Waals surface area contributed by atoms with Crippen molar-refractivity contribution < 1.29 is 13.6 Å². The molecule has 1 amide bonds. The summed E-state index contributed by atoms with van der Waals surface area (Å²) < 4.78 is 18.1. The fourth-order valence-corrected chi connectivity index (χ4v) is 2.00. The molecule has 0 bridgehead atoms. The molecule has 6 heteroatoms. The number of hydrogen-bond donors (Lipinski definition) is 2. The van der Waals surface area contributed by atoms with Crippen LogP contribution in [-0.4, -0.2) is 10.9 Å². The maximum atomic E-state index is 12.9. The Bertz CT molecular complexity index is 786. The molecule has 2 aromatic heterocycles. The Morgan fingerprint density at radius 1 is 1.13 bits per heavy atom. The van der Waals surface area contributed by atoms with Crippen molar-refractivity contribution in [1.29, 1.82) is 0 Å². The Morgan fingerprint density at radius 2 is 1.96 bits per heavy atom. The lowest BCUT2D eigenvalue weighted by atomic mass is 10.2. The Balaban J connectivity index is 1.66. The molecule has 0 radical (unpaired) electrons. The van der Waals surface area contributed by atoms with Gasteiger partial charge in [-0.2, -0.15) is 0 Å². The molecule has 23 heavy (non-hydrogen) atoms. The number of hydrogen-bond acceptors (Lipinski definition) is 4. The summed E-state index contributed by atoms with van der Waals surface area (Å²) in [5, 5.41) is 5.82. The molecule has 1 aromatic carbocycles. The first-order valence-electron chi connectivity index (χ1n) is 6.99. The zero-order valence-electron chi connectivity index (χ0n) is 12.1. The molecule has 5 nitrogen and oxygen atoms in total. The van der Waals surface area contributed by atoms with Crippen LogP contribution in [0.1, 0.15) is 16.1 Å². The van der Waals surface area contributed by atoms with E-state index < -0.39 is 0 Å². The van der Waals surface area contributed by atoms with Gasteiger partial charge in [-0.05, 0) is 42.5 Å². The van der Waals surface area contributed by atoms with E-state index in [1.807, 2.05) is 12.1 Å². The van der Waals surface area contributed by atoms with E-state index in [2.05, 4.69) is 15.6 Å². The second kappa shape index (κ2) is 6.74. The van der Waals surface area contributed by atoms with Crippen LogP contribution in [0.5, 0.6) is 0 Å². The van der Waals surface area contributed by atoms with Crippen molar-refractivity contribution in [3.63, 3.8) is 0 Å². The van der Waals surface area contributed by atoms with Crippen molar-refractivity contribution in [2.75, 3.05) is 10.6 Å². The summed E-state index contributed by atoms with van der Waals surface area (Å²) in [6.07, 6.45) is 4.69. The van der Waals surface area contributed by atoms with Crippen LogP contribution in [0.4, 0.5) is 15.8 Å². The van der Waals surface area contributed by atoms with Crippen molar-refractivity contribution in [2.45, 2.75) is 6.54 Å². The number of carbonyl (C=O) groups is 1. The van der Waals surface area contributed by atoms with E-state index >= 15 is 0 Å². The number of anilines is 2. The van der Waals surface area contributed by atoms with E-state index in [9.17, 15) is 9.18 Å². The third kappa shape index (κ3) is 3.94. The molecule has 3 aromatic rings. The summed E-state index contributed by atoms with van der Waals surface area (Å²) in [5.41, 5.74) is 1.62. The first kappa shape index (κ1) is 14.8. The molecule has 2 N–H and O–H groups in total. The van der Waals surface area contributed by atoms with Crippen LogP contribution in [0.3, 0.4) is 0 Å². The van der Waals surface area contributed by atoms with Gasteiger partial charge in [0, 0.05) is 18.1 Å². The topological polar surface area (TPSA) is 67.2 Å². The van der Waals surface area contributed by atoms with Crippen LogP contribution in [0, 0.1) is 5.82 Å². The van der Waals surface area contributed by atoms with Crippen LogP contribution in [0.2, 0.25) is 0 Å². The van der Waals surface area contributed by atoms with Gasteiger partial charge in [-0.15, -0.1) is 0 Å². The van der Waals surface area contributed by atoms with E-state index in [-0.39, 0.29) is 11.7 Å². The van der Waals surface area contributed by atoms with Gasteiger partial charge in [0.05, 0.1) is 24.1 Å². The summed E-state index contributed by atoms with van der Waals surface area (Å²) in [6, 6.07) is 10.9. The molecule has 3 rings (SSSR count). The predicted molar refractivity (Wildman–Crippen MR) is 84.6 cm³/mol. The Labute approximate surface area is 132 Å². The quantitative estimate of drug-likeness (QED) is 0.754. The third-order valence-electron chi connectivity index (χ3n) is 3.15. The molecule has 0 aliphatic heterocycles. The highest BCUT2D eigenvalue weighted by molar-refractivity contribution is 6.04. The van der Waals surface area contributed by atoms with E-state index in [0.29, 0.717) is 23.5 Å². The van der Waals surface area contributed by atoms with Gasteiger partial charge in [0.1, 0.15) is 11.6 Å². The summed E-state index contributed by atoms with van der Waals surface area (Å²) in [4.78, 5) is 16.2. The van der Waals surface area contributed by atoms with Crippen molar-refractivity contribution in [3.8, 4) is 0 Å². The molecule has 2 heterocycles. The van der Waals surface area contributed by atoms with Crippen LogP contribution >= 0.6 is 0 Å². The monoisotopic (exact) mass is 311 g/mol. The molecule has 116 valence electrons. The lowest BCUT2D eigenvalue weighted by Crippen LogP contribution is -2.12. The number of furan rings is 1. The highest BCUT2D eigenvalue weighted by Gasteiger charge is 2.08. The number of halogens is 1. The molecule has 0 aliphatic rings. The minimum absolute atomic E-state index is 0.314. The van der Waals surface area contributed by atoms with Crippen LogP contribution < -0.4 is 10.6 Å². The van der Waals surface area contributed by atoms with E-state index in [1.165, 1.54) is 30.5 Å². The molecule has 0 fully saturated rings. The summed E-state index contributed by atoms with van der Waals surface area (Å²) in [7, 11) is 0. The normalized spacial score (nSPS) is 10.3. The zero-order valence-corrected chi connectivity index (χ0v) is 12.1. The van der Waals surface area contributed by atoms with Gasteiger partial charge >= 0.3 is 0 Å². The fourth-order valence-electron chi connectivity index (χ4n) is 2.00. The van der Waals surface area contributed by atoms with Crippen molar-refractivity contribution in [2.24, 2.45) is 0 Å². The van der Waals surface area contributed by atoms with Crippen molar-refractivity contribution in [1.82, 2.24) is 4.98 Å². The lowest BCUT2D eigenvalue weighted by Gasteiger charge is -2.08. The van der Waals surface area contributed by atoms with Gasteiger partial charge in [-0.1, -0.05) is 0 Å². The molecule has 0 aliphatic carbocycles. The minimum Gasteiger partial charge on any atom is -0.467 e. The standard InChI is InChI=1S/C17H14FN3O2/c18-13-3-5-14(6-4-13)21-17(22)12-8-15(10-19-9-12)20-11-16-2-1-7-23-16/h1-10,20H,11H2,(H,21,22). The highest BCUT2D eigenvalue weighted by atomic mass is 19.1. The van der Waals surface area contributed by atoms with Gasteiger partial charge < -0.3 is 15.1 Å². The predicted octanol–water partition coefficient (Wildman–Crippen LogP) is 3.68. The zero-order chi connectivity index (χ0) is 16.1. The number of rotatable bonds is 5. The van der Waals surface area contributed by atoms with Gasteiger partial charge in [0.25, 0.3) is 5.91 Å². The highest BCUT2D eigenvalue weighted by Crippen LogP contribution is 2.14. The fraction of sp³-hybridized carbons (Fsp3) is 0.0588. The molecule has 0 saturated carbocycles. The van der Waals surface area contributed by atoms with Gasteiger partial charge in [0.15, 0.2) is 0 Å². The average molecular weight is 311 g/mol. The maximum Gasteiger partial charge on any atom is 0.257 e. The molecular formula is C17H14FN3O2. The molecular weight excluding hydrogens is 297 g/mol. The third-order valence-corrected chi connectivity index (χ3v) is 3.15. The van der Waals surface area contributed by atoms with Gasteiger partial charge in [0.2, 0.25) is 0 Å². The van der Waals surface area contributed by atoms with E-state index in [4.69, 9.17) is 4.42 Å². The van der Waals surface area contributed by atoms with Gasteiger partial charge in [-0.3, -0.25) is 9.78 Å². The minimum atomic E-state index is -0.353. The number of pyridine rings is 1. The lowest BCUT2D eigenvalue weighted by molar-refractivity contribution is 0.102. The Kier molecular flexibility index (Phi) is 4.33. The molecule has 0 atom stereocenters. The van der Waals surface area contributed by atoms with Crippen molar-refractivity contribution >= 4 is 17.3 Å². The Morgan fingerprint density at radius 3 is 2.70 bits per heavy atom. The van der Waals surface area contributed by atoms with Crippen molar-refractivity contribution in [3.05, 3.63) is 78.3 Å². The maximum absolute atomic E-state index is 12.9. The molecule has 0 spiro atoms. The SMILES string of the molecule is O=C(Nc1ccc(F)cc1)c1cncc(NCc2ccco2)c1. The first-order chi connectivity index (χ1) is 11.2. The van der Waals surface area contributed by atoms with Gasteiger partial charge in [-0.25, -0.2) is 4.39 Å². The molecule has 0 unspecified atom stereocenters. The van der Waals surface area contributed by atoms with E-state index in [0.717, 1.165) is 5.76 Å². The van der Waals surface area contributed by atoms with E-state index in [1.54, 1.807) is 18.5 Å². The van der Waals surface area contributed by atoms with Crippen LogP contribution in [-0.2, 0) is 6.54 Å². The molecule has 0 saturated heterocycles. The Hall–Kier alpha value is -3.15. The smallest absolute Gasteiger partial charge is 0.257 e. The van der Waals surface area contributed by atoms with Crippen LogP contribution in [0.25, 0.3) is 0 Å².